The molecule has 7 nitrogen and oxygen atoms in total. The van der Waals surface area contributed by atoms with Crippen LogP contribution in [0.5, 0.6) is 0 Å². The summed E-state index contributed by atoms with van der Waals surface area (Å²) in [6.45, 7) is 2.91. The van der Waals surface area contributed by atoms with Crippen LogP contribution in [-0.4, -0.2) is 66.9 Å². The van der Waals surface area contributed by atoms with E-state index in [1.54, 1.807) is 6.92 Å². The molecule has 110 valence electrons. The highest BCUT2D eigenvalue weighted by molar-refractivity contribution is 6.08. The summed E-state index contributed by atoms with van der Waals surface area (Å²) in [5.74, 6) is 0. The topological polar surface area (TPSA) is 85.9 Å². The number of nitrogens with one attached hydrogen (secondary N) is 2. The molecule has 0 saturated carbocycles. The van der Waals surface area contributed by atoms with Crippen molar-refractivity contribution in [2.45, 2.75) is 25.7 Å². The van der Waals surface area contributed by atoms with E-state index in [-0.39, 0.29) is 13.2 Å². The van der Waals surface area contributed by atoms with Gasteiger partial charge in [0.15, 0.2) is 6.10 Å². The molecule has 0 spiro atoms. The molecule has 2 amide bonds. The van der Waals surface area contributed by atoms with Crippen LogP contribution in [0.15, 0.2) is 0 Å². The van der Waals surface area contributed by atoms with Crippen LogP contribution >= 0.6 is 0 Å². The van der Waals surface area contributed by atoms with Crippen LogP contribution in [0.25, 0.3) is 0 Å². The number of carbonyl (C=O) groups excluding carboxylic acids is 2. The predicted octanol–water partition coefficient (Wildman–Crippen LogP) is 0.0175. The van der Waals surface area contributed by atoms with Crippen molar-refractivity contribution in [2.24, 2.45) is 0 Å². The number of alkyl carbamates (subject to hydrolysis) is 2. The molecule has 1 unspecified atom stereocenters. The van der Waals surface area contributed by atoms with E-state index in [2.05, 4.69) is 10.6 Å². The Morgan fingerprint density at radius 2 is 1.65 bits per heavy atom. The van der Waals surface area contributed by atoms with Gasteiger partial charge in [0.1, 0.15) is 6.61 Å². The second-order valence-electron chi connectivity index (χ2n) is 3.72. The second kappa shape index (κ2) is 12.7. The molecule has 9 heteroatoms. The van der Waals surface area contributed by atoms with E-state index in [0.29, 0.717) is 32.3 Å². The van der Waals surface area contributed by atoms with Crippen molar-refractivity contribution in [1.29, 1.82) is 0 Å². The van der Waals surface area contributed by atoms with Crippen molar-refractivity contribution in [3.8, 4) is 0 Å². The average Bonchev–Trinajstić information content (AvgIpc) is 2.45. The molecule has 0 bridgehead atoms. The third-order valence-electron chi connectivity index (χ3n) is 2.01. The molecular formula is C11H20B2N2O5. The molecule has 2 N–H and O–H groups in total. The smallest absolute Gasteiger partial charge is 0.407 e. The summed E-state index contributed by atoms with van der Waals surface area (Å²) in [5, 5.41) is 4.88. The van der Waals surface area contributed by atoms with E-state index in [1.165, 1.54) is 0 Å². The summed E-state index contributed by atoms with van der Waals surface area (Å²) < 4.78 is 15.1. The number of carbonyl (C=O) groups is 2. The Morgan fingerprint density at radius 3 is 2.20 bits per heavy atom. The lowest BCUT2D eigenvalue weighted by Gasteiger charge is -2.18. The van der Waals surface area contributed by atoms with Crippen LogP contribution in [0.4, 0.5) is 9.59 Å². The number of ether oxygens (including phenoxy) is 3. The molecule has 0 aliphatic carbocycles. The van der Waals surface area contributed by atoms with Gasteiger partial charge in [0, 0.05) is 19.7 Å². The average molecular weight is 282 g/mol. The zero-order valence-corrected chi connectivity index (χ0v) is 11.7. The lowest BCUT2D eigenvalue weighted by Crippen LogP contribution is -2.36. The van der Waals surface area contributed by atoms with Crippen LogP contribution < -0.4 is 10.6 Å². The second-order valence-corrected chi connectivity index (χ2v) is 3.72. The number of amides is 2. The van der Waals surface area contributed by atoms with Crippen molar-refractivity contribution in [2.75, 3.05) is 32.9 Å². The first-order chi connectivity index (χ1) is 9.63. The third kappa shape index (κ3) is 10.5. The molecule has 0 aromatic carbocycles. The minimum absolute atomic E-state index is 0.105. The number of hydrogen-bond donors (Lipinski definition) is 2. The van der Waals surface area contributed by atoms with Crippen molar-refractivity contribution < 1.29 is 23.8 Å². The van der Waals surface area contributed by atoms with Crippen molar-refractivity contribution in [3.63, 3.8) is 0 Å². The van der Waals surface area contributed by atoms with Gasteiger partial charge in [0.2, 0.25) is 0 Å². The largest absolute Gasteiger partial charge is 0.446 e. The summed E-state index contributed by atoms with van der Waals surface area (Å²) in [4.78, 5) is 22.6. The fraction of sp³-hybridized carbons (Fsp3) is 0.818. The Bertz CT molecular complexity index is 282. The highest BCUT2D eigenvalue weighted by Crippen LogP contribution is 1.97. The molecule has 0 aromatic heterocycles. The van der Waals surface area contributed by atoms with E-state index < -0.39 is 18.3 Å². The first kappa shape index (κ1) is 18.6. The predicted molar refractivity (Wildman–Crippen MR) is 75.2 cm³/mol. The molecule has 0 aromatic rings. The van der Waals surface area contributed by atoms with Gasteiger partial charge in [-0.25, -0.2) is 9.59 Å². The summed E-state index contributed by atoms with van der Waals surface area (Å²) in [6.07, 6.45) is -1.32. The molecule has 0 heterocycles. The van der Waals surface area contributed by atoms with Gasteiger partial charge in [-0.3, -0.25) is 0 Å². The first-order valence-corrected chi connectivity index (χ1v) is 6.47. The summed E-state index contributed by atoms with van der Waals surface area (Å²) in [5.41, 5.74) is 0. The standard InChI is InChI=1S/C11H20B2N2O5/c1-2-18-7-9(20-11(17)15-6-4-13)8-19-10(16)14-5-3-12/h9H,2-8H2,1H3,(H,14,16)(H,15,17). The number of hydrogen-bond acceptors (Lipinski definition) is 5. The number of rotatable bonds is 10. The van der Waals surface area contributed by atoms with E-state index in [4.69, 9.17) is 29.9 Å². The molecule has 0 rings (SSSR count). The molecular weight excluding hydrogens is 262 g/mol. The molecule has 4 radical (unpaired) electrons. The maximum atomic E-state index is 11.4. The van der Waals surface area contributed by atoms with Gasteiger partial charge in [-0.15, -0.1) is 0 Å². The van der Waals surface area contributed by atoms with Gasteiger partial charge < -0.3 is 24.8 Å². The fourth-order valence-electron chi connectivity index (χ4n) is 1.13. The van der Waals surface area contributed by atoms with Gasteiger partial charge in [-0.1, -0.05) is 12.6 Å². The Hall–Kier alpha value is -1.37. The Morgan fingerprint density at radius 1 is 1.05 bits per heavy atom. The first-order valence-electron chi connectivity index (χ1n) is 6.47. The molecule has 0 saturated heterocycles. The monoisotopic (exact) mass is 282 g/mol. The van der Waals surface area contributed by atoms with Crippen molar-refractivity contribution in [1.82, 2.24) is 10.6 Å². The van der Waals surface area contributed by atoms with Crippen LogP contribution in [-0.2, 0) is 14.2 Å². The van der Waals surface area contributed by atoms with Gasteiger partial charge >= 0.3 is 12.2 Å². The highest BCUT2D eigenvalue weighted by Gasteiger charge is 2.16. The fourth-order valence-corrected chi connectivity index (χ4v) is 1.13. The summed E-state index contributed by atoms with van der Waals surface area (Å²) >= 11 is 0. The lowest BCUT2D eigenvalue weighted by molar-refractivity contribution is -0.00861. The van der Waals surface area contributed by atoms with E-state index >= 15 is 0 Å². The summed E-state index contributed by atoms with van der Waals surface area (Å²) in [7, 11) is 10.5. The maximum absolute atomic E-state index is 11.4. The Balaban J connectivity index is 4.06. The maximum Gasteiger partial charge on any atom is 0.407 e. The van der Waals surface area contributed by atoms with Gasteiger partial charge in [0.25, 0.3) is 0 Å². The van der Waals surface area contributed by atoms with Gasteiger partial charge in [-0.2, -0.15) is 0 Å². The molecule has 1 atom stereocenters. The van der Waals surface area contributed by atoms with Crippen LogP contribution in [0.2, 0.25) is 12.6 Å². The lowest BCUT2D eigenvalue weighted by atomic mass is 10.1. The molecule has 0 aliphatic heterocycles. The van der Waals surface area contributed by atoms with E-state index in [9.17, 15) is 9.59 Å². The molecule has 0 aliphatic rings. The minimum Gasteiger partial charge on any atom is -0.446 e. The van der Waals surface area contributed by atoms with Crippen LogP contribution in [0, 0.1) is 0 Å². The quantitative estimate of drug-likeness (QED) is 0.551. The molecule has 0 fully saturated rings. The van der Waals surface area contributed by atoms with E-state index in [1.807, 2.05) is 0 Å². The minimum atomic E-state index is -0.684. The van der Waals surface area contributed by atoms with Crippen molar-refractivity contribution >= 4 is 27.9 Å². The van der Waals surface area contributed by atoms with Crippen LogP contribution in [0.3, 0.4) is 0 Å². The SMILES string of the molecule is [B]CCNC(=O)OCC(COCC)OC(=O)NCC[B]. The Kier molecular flexibility index (Phi) is 11.8. The normalized spacial score (nSPS) is 11.4. The Labute approximate surface area is 121 Å². The van der Waals surface area contributed by atoms with E-state index in [0.717, 1.165) is 0 Å². The van der Waals surface area contributed by atoms with Crippen molar-refractivity contribution in [3.05, 3.63) is 0 Å². The molecule has 20 heavy (non-hydrogen) atoms. The zero-order chi connectivity index (χ0) is 15.2. The zero-order valence-electron chi connectivity index (χ0n) is 11.7. The van der Waals surface area contributed by atoms with Crippen LogP contribution in [0.1, 0.15) is 6.92 Å². The third-order valence-corrected chi connectivity index (χ3v) is 2.01. The summed E-state index contributed by atoms with van der Waals surface area (Å²) in [6, 6.07) is 0. The highest BCUT2D eigenvalue weighted by atomic mass is 16.6. The van der Waals surface area contributed by atoms with Gasteiger partial charge in [0.05, 0.1) is 22.3 Å². The van der Waals surface area contributed by atoms with Gasteiger partial charge in [-0.05, 0) is 6.92 Å².